The molecule has 4 aliphatic carbocycles. The molecule has 1 heterocycles. The maximum absolute atomic E-state index is 13.5. The summed E-state index contributed by atoms with van der Waals surface area (Å²) in [7, 11) is 0. The molecule has 4 fully saturated rings. The standard InChI is InChI=1S/C25H34N2O2/c1-16(2)22(23(28)27-8-7-20-5-3-4-6-21(20)15-27)26-24(29)25-12-17-9-18(13-25)11-19(10-17)14-25/h3-6,16-19,22H,7-15H2,1-2H3,(H,26,29). The van der Waals surface area contributed by atoms with Crippen molar-refractivity contribution < 1.29 is 9.59 Å². The van der Waals surface area contributed by atoms with Gasteiger partial charge < -0.3 is 10.2 Å². The van der Waals surface area contributed by atoms with Gasteiger partial charge in [-0.2, -0.15) is 0 Å². The summed E-state index contributed by atoms with van der Waals surface area (Å²) < 4.78 is 0. The molecule has 0 radical (unpaired) electrons. The molecule has 1 aliphatic heterocycles. The van der Waals surface area contributed by atoms with E-state index in [1.165, 1.54) is 30.4 Å². The van der Waals surface area contributed by atoms with Gasteiger partial charge in [0, 0.05) is 18.5 Å². The number of benzene rings is 1. The van der Waals surface area contributed by atoms with Crippen LogP contribution in [0.15, 0.2) is 24.3 Å². The smallest absolute Gasteiger partial charge is 0.245 e. The molecule has 5 aliphatic rings. The Hall–Kier alpha value is -1.84. The number of fused-ring (bicyclic) bond motifs is 1. The lowest BCUT2D eigenvalue weighted by Crippen LogP contribution is -2.59. The van der Waals surface area contributed by atoms with Crippen LogP contribution in [0, 0.1) is 29.1 Å². The third-order valence-corrected chi connectivity index (χ3v) is 8.18. The first-order chi connectivity index (χ1) is 13.9. The first-order valence-electron chi connectivity index (χ1n) is 11.6. The van der Waals surface area contributed by atoms with Crippen molar-refractivity contribution in [1.29, 1.82) is 0 Å². The lowest BCUT2D eigenvalue weighted by Gasteiger charge is -2.56. The number of rotatable bonds is 4. The van der Waals surface area contributed by atoms with Gasteiger partial charge in [0.05, 0.1) is 0 Å². The molecule has 2 amide bonds. The normalized spacial score (nSPS) is 33.5. The van der Waals surface area contributed by atoms with Crippen LogP contribution in [-0.2, 0) is 22.6 Å². The van der Waals surface area contributed by atoms with Crippen LogP contribution in [0.1, 0.15) is 63.5 Å². The van der Waals surface area contributed by atoms with E-state index in [1.54, 1.807) is 0 Å². The highest BCUT2D eigenvalue weighted by molar-refractivity contribution is 5.90. The summed E-state index contributed by atoms with van der Waals surface area (Å²) in [6.45, 7) is 5.51. The quantitative estimate of drug-likeness (QED) is 0.841. The lowest BCUT2D eigenvalue weighted by molar-refractivity contribution is -0.150. The molecule has 1 atom stereocenters. The predicted molar refractivity (Wildman–Crippen MR) is 113 cm³/mol. The molecule has 0 aromatic heterocycles. The molecule has 1 aromatic carbocycles. The average molecular weight is 395 g/mol. The molecule has 1 aromatic rings. The second kappa shape index (κ2) is 7.14. The maximum atomic E-state index is 13.5. The van der Waals surface area contributed by atoms with Crippen molar-refractivity contribution in [2.24, 2.45) is 29.1 Å². The van der Waals surface area contributed by atoms with Crippen LogP contribution >= 0.6 is 0 Å². The molecule has 4 saturated carbocycles. The Morgan fingerprint density at radius 3 is 2.17 bits per heavy atom. The topological polar surface area (TPSA) is 49.4 Å². The third kappa shape index (κ3) is 3.39. The van der Waals surface area contributed by atoms with Crippen LogP contribution in [0.2, 0.25) is 0 Å². The highest BCUT2D eigenvalue weighted by atomic mass is 16.2. The van der Waals surface area contributed by atoms with E-state index in [0.29, 0.717) is 6.54 Å². The Morgan fingerprint density at radius 2 is 1.59 bits per heavy atom. The maximum Gasteiger partial charge on any atom is 0.245 e. The number of nitrogens with zero attached hydrogens (tertiary/aromatic N) is 1. The number of hydrogen-bond acceptors (Lipinski definition) is 2. The minimum Gasteiger partial charge on any atom is -0.344 e. The third-order valence-electron chi connectivity index (χ3n) is 8.18. The number of carbonyl (C=O) groups excluding carboxylic acids is 2. The summed E-state index contributed by atoms with van der Waals surface area (Å²) in [5.41, 5.74) is 2.38. The molecule has 4 bridgehead atoms. The molecule has 4 nitrogen and oxygen atoms in total. The van der Waals surface area contributed by atoms with Gasteiger partial charge in [0.2, 0.25) is 11.8 Å². The van der Waals surface area contributed by atoms with Gasteiger partial charge in [-0.25, -0.2) is 0 Å². The summed E-state index contributed by atoms with van der Waals surface area (Å²) in [4.78, 5) is 28.9. The molecule has 29 heavy (non-hydrogen) atoms. The highest BCUT2D eigenvalue weighted by Crippen LogP contribution is 2.60. The van der Waals surface area contributed by atoms with Gasteiger partial charge in [-0.15, -0.1) is 0 Å². The molecule has 1 unspecified atom stereocenters. The zero-order chi connectivity index (χ0) is 20.2. The van der Waals surface area contributed by atoms with E-state index in [4.69, 9.17) is 0 Å². The van der Waals surface area contributed by atoms with Crippen molar-refractivity contribution in [2.75, 3.05) is 6.54 Å². The van der Waals surface area contributed by atoms with Crippen molar-refractivity contribution in [1.82, 2.24) is 10.2 Å². The van der Waals surface area contributed by atoms with Crippen LogP contribution in [0.3, 0.4) is 0 Å². The summed E-state index contributed by atoms with van der Waals surface area (Å²) >= 11 is 0. The second-order valence-electron chi connectivity index (χ2n) is 10.7. The van der Waals surface area contributed by atoms with Crippen molar-refractivity contribution >= 4 is 11.8 Å². The van der Waals surface area contributed by atoms with Gasteiger partial charge in [-0.3, -0.25) is 9.59 Å². The van der Waals surface area contributed by atoms with Crippen LogP contribution in [0.4, 0.5) is 0 Å². The van der Waals surface area contributed by atoms with E-state index in [1.807, 2.05) is 11.0 Å². The van der Waals surface area contributed by atoms with Crippen molar-refractivity contribution in [2.45, 2.75) is 71.4 Å². The van der Waals surface area contributed by atoms with E-state index < -0.39 is 6.04 Å². The minimum atomic E-state index is -0.416. The van der Waals surface area contributed by atoms with E-state index in [0.717, 1.165) is 50.0 Å². The first-order valence-corrected chi connectivity index (χ1v) is 11.6. The zero-order valence-corrected chi connectivity index (χ0v) is 17.8. The fourth-order valence-corrected chi connectivity index (χ4v) is 7.08. The van der Waals surface area contributed by atoms with Gasteiger partial charge in [0.15, 0.2) is 0 Å². The van der Waals surface area contributed by atoms with Crippen LogP contribution in [-0.4, -0.2) is 29.3 Å². The van der Waals surface area contributed by atoms with Crippen LogP contribution in [0.25, 0.3) is 0 Å². The number of carbonyl (C=O) groups is 2. The van der Waals surface area contributed by atoms with E-state index in [-0.39, 0.29) is 23.1 Å². The first kappa shape index (κ1) is 19.1. The number of hydrogen-bond donors (Lipinski definition) is 1. The summed E-state index contributed by atoms with van der Waals surface area (Å²) in [6.07, 6.45) is 8.00. The highest BCUT2D eigenvalue weighted by Gasteiger charge is 2.55. The van der Waals surface area contributed by atoms with E-state index >= 15 is 0 Å². The fraction of sp³-hybridized carbons (Fsp3) is 0.680. The fourth-order valence-electron chi connectivity index (χ4n) is 7.08. The van der Waals surface area contributed by atoms with Gasteiger partial charge in [-0.1, -0.05) is 38.1 Å². The zero-order valence-electron chi connectivity index (χ0n) is 17.8. The molecule has 6 rings (SSSR count). The Bertz CT molecular complexity index is 780. The van der Waals surface area contributed by atoms with Gasteiger partial charge in [-0.05, 0) is 79.7 Å². The second-order valence-corrected chi connectivity index (χ2v) is 10.7. The SMILES string of the molecule is CC(C)C(NC(=O)C12CC3CC(CC(C3)C1)C2)C(=O)N1CCc2ccccc2C1. The minimum absolute atomic E-state index is 0.0904. The molecule has 1 N–H and O–H groups in total. The van der Waals surface area contributed by atoms with E-state index in [2.05, 4.69) is 37.4 Å². The lowest BCUT2D eigenvalue weighted by atomic mass is 9.49. The Balaban J connectivity index is 1.31. The Morgan fingerprint density at radius 1 is 1.00 bits per heavy atom. The Kier molecular flexibility index (Phi) is 4.71. The van der Waals surface area contributed by atoms with Crippen molar-refractivity contribution in [3.8, 4) is 0 Å². The summed E-state index contributed by atoms with van der Waals surface area (Å²) in [5, 5.41) is 3.26. The molecule has 156 valence electrons. The number of nitrogens with one attached hydrogen (secondary N) is 1. The predicted octanol–water partition coefficient (Wildman–Crippen LogP) is 3.93. The largest absolute Gasteiger partial charge is 0.344 e. The average Bonchev–Trinajstić information content (AvgIpc) is 2.69. The van der Waals surface area contributed by atoms with Gasteiger partial charge in [0.1, 0.15) is 6.04 Å². The summed E-state index contributed by atoms with van der Waals surface area (Å²) in [5.74, 6) is 2.56. The van der Waals surface area contributed by atoms with Crippen LogP contribution < -0.4 is 5.32 Å². The molecule has 0 saturated heterocycles. The molecular weight excluding hydrogens is 360 g/mol. The molecule has 0 spiro atoms. The van der Waals surface area contributed by atoms with Crippen LogP contribution in [0.5, 0.6) is 0 Å². The van der Waals surface area contributed by atoms with Gasteiger partial charge in [0.25, 0.3) is 0 Å². The monoisotopic (exact) mass is 394 g/mol. The molecular formula is C25H34N2O2. The van der Waals surface area contributed by atoms with Crippen molar-refractivity contribution in [3.05, 3.63) is 35.4 Å². The molecule has 4 heteroatoms. The summed E-state index contributed by atoms with van der Waals surface area (Å²) in [6, 6.07) is 7.97. The number of amides is 2. The Labute approximate surface area is 174 Å². The van der Waals surface area contributed by atoms with Gasteiger partial charge >= 0.3 is 0 Å². The van der Waals surface area contributed by atoms with Crippen molar-refractivity contribution in [3.63, 3.8) is 0 Å². The van der Waals surface area contributed by atoms with E-state index in [9.17, 15) is 9.59 Å².